The summed E-state index contributed by atoms with van der Waals surface area (Å²) in [7, 11) is -3.73. The lowest BCUT2D eigenvalue weighted by Gasteiger charge is -2.57. The van der Waals surface area contributed by atoms with Crippen molar-refractivity contribution in [2.75, 3.05) is 10.6 Å². The second-order valence-electron chi connectivity index (χ2n) is 9.78. The molecule has 164 valence electrons. The first-order chi connectivity index (χ1) is 14.8. The van der Waals surface area contributed by atoms with Gasteiger partial charge >= 0.3 is 0 Å². The van der Waals surface area contributed by atoms with Gasteiger partial charge in [-0.3, -0.25) is 4.79 Å². The lowest BCUT2D eigenvalue weighted by Crippen LogP contribution is -2.54. The number of nitrogens with one attached hydrogen (secondary N) is 2. The minimum atomic E-state index is -3.73. The van der Waals surface area contributed by atoms with Crippen LogP contribution in [0.25, 0.3) is 0 Å². The number of anilines is 2. The van der Waals surface area contributed by atoms with Gasteiger partial charge in [0.1, 0.15) is 0 Å². The molecule has 0 atom stereocenters. The van der Waals surface area contributed by atoms with E-state index in [9.17, 15) is 13.2 Å². The molecule has 4 fully saturated rings. The normalized spacial score (nSPS) is 29.0. The van der Waals surface area contributed by atoms with Crippen molar-refractivity contribution in [3.05, 3.63) is 54.1 Å². The highest BCUT2D eigenvalue weighted by atomic mass is 32.2. The number of nitrogens with two attached hydrogens (primary N) is 1. The number of hydrogen-bond acceptors (Lipinski definition) is 4. The Morgan fingerprint density at radius 2 is 1.45 bits per heavy atom. The Kier molecular flexibility index (Phi) is 5.06. The third-order valence-corrected chi connectivity index (χ3v) is 8.19. The standard InChI is InChI=1S/C24H29N3O3S/c25-31(29,30)20-7-5-16(6-8-20)12-23(28)26-21-3-1-2-4-22(21)27-24-13-17-9-18(14-24)11-19(10-17)15-24/h1-8,17-19,27H,9-15H2,(H,26,28)(H2,25,29,30). The van der Waals surface area contributed by atoms with Crippen LogP contribution in [0.15, 0.2) is 53.4 Å². The quantitative estimate of drug-likeness (QED) is 0.635. The molecule has 0 saturated heterocycles. The van der Waals surface area contributed by atoms with Gasteiger partial charge in [-0.05, 0) is 86.1 Å². The summed E-state index contributed by atoms with van der Waals surface area (Å²) in [5, 5.41) is 12.0. The van der Waals surface area contributed by atoms with Crippen molar-refractivity contribution in [3.8, 4) is 0 Å². The number of carbonyl (C=O) groups excluding carboxylic acids is 1. The Bertz CT molecular complexity index is 1060. The number of rotatable bonds is 6. The molecule has 0 unspecified atom stereocenters. The second kappa shape index (κ2) is 7.64. The van der Waals surface area contributed by atoms with Crippen molar-refractivity contribution in [1.82, 2.24) is 0 Å². The van der Waals surface area contributed by atoms with Crippen LogP contribution >= 0.6 is 0 Å². The van der Waals surface area contributed by atoms with Crippen molar-refractivity contribution in [2.45, 2.75) is 55.4 Å². The maximum absolute atomic E-state index is 12.7. The minimum Gasteiger partial charge on any atom is -0.378 e. The largest absolute Gasteiger partial charge is 0.378 e. The van der Waals surface area contributed by atoms with Gasteiger partial charge in [0.25, 0.3) is 0 Å². The van der Waals surface area contributed by atoms with Gasteiger partial charge in [-0.1, -0.05) is 24.3 Å². The zero-order chi connectivity index (χ0) is 21.6. The molecule has 0 spiro atoms. The van der Waals surface area contributed by atoms with Gasteiger partial charge in [0.05, 0.1) is 22.7 Å². The molecular formula is C24H29N3O3S. The molecule has 31 heavy (non-hydrogen) atoms. The van der Waals surface area contributed by atoms with Gasteiger partial charge in [-0.2, -0.15) is 0 Å². The molecule has 6 nitrogen and oxygen atoms in total. The van der Waals surface area contributed by atoms with Crippen LogP contribution in [0.2, 0.25) is 0 Å². The number of primary sulfonamides is 1. The third kappa shape index (κ3) is 4.34. The summed E-state index contributed by atoms with van der Waals surface area (Å²) < 4.78 is 22.8. The van der Waals surface area contributed by atoms with Crippen LogP contribution in [0.1, 0.15) is 44.1 Å². The van der Waals surface area contributed by atoms with E-state index >= 15 is 0 Å². The topological polar surface area (TPSA) is 101 Å². The molecule has 2 aromatic rings. The van der Waals surface area contributed by atoms with E-state index in [1.807, 2.05) is 18.2 Å². The lowest BCUT2D eigenvalue weighted by molar-refractivity contribution is -0.115. The molecule has 7 heteroatoms. The number of sulfonamides is 1. The molecule has 4 N–H and O–H groups in total. The van der Waals surface area contributed by atoms with Crippen LogP contribution in [-0.4, -0.2) is 19.9 Å². The van der Waals surface area contributed by atoms with Crippen LogP contribution in [-0.2, 0) is 21.2 Å². The van der Waals surface area contributed by atoms with Gasteiger partial charge in [0.2, 0.25) is 15.9 Å². The summed E-state index contributed by atoms with van der Waals surface area (Å²) in [6, 6.07) is 14.0. The Morgan fingerprint density at radius 3 is 2.00 bits per heavy atom. The van der Waals surface area contributed by atoms with E-state index in [2.05, 4.69) is 16.7 Å². The first-order valence-corrected chi connectivity index (χ1v) is 12.6. The zero-order valence-electron chi connectivity index (χ0n) is 17.5. The Hall–Kier alpha value is -2.38. The number of amides is 1. The van der Waals surface area contributed by atoms with Crippen LogP contribution in [0, 0.1) is 17.8 Å². The smallest absolute Gasteiger partial charge is 0.238 e. The van der Waals surface area contributed by atoms with Gasteiger partial charge in [0.15, 0.2) is 0 Å². The minimum absolute atomic E-state index is 0.0433. The summed E-state index contributed by atoms with van der Waals surface area (Å²) in [5.74, 6) is 2.41. The summed E-state index contributed by atoms with van der Waals surface area (Å²) in [5.41, 5.74) is 2.68. The molecule has 0 heterocycles. The van der Waals surface area contributed by atoms with E-state index in [-0.39, 0.29) is 22.8 Å². The van der Waals surface area contributed by atoms with Crippen molar-refractivity contribution in [2.24, 2.45) is 22.9 Å². The van der Waals surface area contributed by atoms with E-state index in [1.54, 1.807) is 12.1 Å². The zero-order valence-corrected chi connectivity index (χ0v) is 18.3. The fourth-order valence-corrected chi connectivity index (χ4v) is 6.94. The summed E-state index contributed by atoms with van der Waals surface area (Å²) in [6.45, 7) is 0. The van der Waals surface area contributed by atoms with Crippen molar-refractivity contribution < 1.29 is 13.2 Å². The highest BCUT2D eigenvalue weighted by molar-refractivity contribution is 7.89. The number of carbonyl (C=O) groups is 1. The maximum Gasteiger partial charge on any atom is 0.238 e. The molecule has 1 amide bonds. The number of hydrogen-bond donors (Lipinski definition) is 3. The van der Waals surface area contributed by atoms with Gasteiger partial charge in [0, 0.05) is 5.54 Å². The van der Waals surface area contributed by atoms with Gasteiger partial charge in [-0.25, -0.2) is 13.6 Å². The van der Waals surface area contributed by atoms with E-state index in [0.717, 1.165) is 34.7 Å². The summed E-state index contributed by atoms with van der Waals surface area (Å²) in [6.07, 6.45) is 8.04. The van der Waals surface area contributed by atoms with Crippen LogP contribution in [0.5, 0.6) is 0 Å². The highest BCUT2D eigenvalue weighted by Gasteiger charge is 2.51. The summed E-state index contributed by atoms with van der Waals surface area (Å²) in [4.78, 5) is 12.7. The molecule has 4 saturated carbocycles. The van der Waals surface area contributed by atoms with Crippen LogP contribution in [0.4, 0.5) is 11.4 Å². The maximum atomic E-state index is 12.7. The predicted octanol–water partition coefficient (Wildman–Crippen LogP) is 3.90. The van der Waals surface area contributed by atoms with E-state index in [4.69, 9.17) is 5.14 Å². The Labute approximate surface area is 183 Å². The van der Waals surface area contributed by atoms with Gasteiger partial charge < -0.3 is 10.6 Å². The molecule has 0 aromatic heterocycles. The first kappa shape index (κ1) is 20.5. The molecular weight excluding hydrogens is 410 g/mol. The van der Waals surface area contributed by atoms with E-state index in [1.165, 1.54) is 50.7 Å². The molecule has 2 aromatic carbocycles. The van der Waals surface area contributed by atoms with Crippen molar-refractivity contribution in [1.29, 1.82) is 0 Å². The molecule has 4 aliphatic rings. The Morgan fingerprint density at radius 1 is 0.903 bits per heavy atom. The van der Waals surface area contributed by atoms with E-state index < -0.39 is 10.0 Å². The summed E-state index contributed by atoms with van der Waals surface area (Å²) >= 11 is 0. The van der Waals surface area contributed by atoms with Crippen LogP contribution < -0.4 is 15.8 Å². The van der Waals surface area contributed by atoms with Gasteiger partial charge in [-0.15, -0.1) is 0 Å². The monoisotopic (exact) mass is 439 g/mol. The lowest BCUT2D eigenvalue weighted by atomic mass is 9.53. The van der Waals surface area contributed by atoms with Crippen molar-refractivity contribution in [3.63, 3.8) is 0 Å². The molecule has 4 aliphatic carbocycles. The van der Waals surface area contributed by atoms with E-state index in [0.29, 0.717) is 0 Å². The average molecular weight is 440 g/mol. The molecule has 0 radical (unpaired) electrons. The second-order valence-corrected chi connectivity index (χ2v) is 11.3. The number of para-hydroxylation sites is 2. The van der Waals surface area contributed by atoms with Crippen molar-refractivity contribution >= 4 is 27.3 Å². The SMILES string of the molecule is NS(=O)(=O)c1ccc(CC(=O)Nc2ccccc2NC23CC4CC(CC(C4)C2)C3)cc1. The number of benzene rings is 2. The predicted molar refractivity (Wildman–Crippen MR) is 121 cm³/mol. The molecule has 6 rings (SSSR count). The molecule has 0 aliphatic heterocycles. The fourth-order valence-electron chi connectivity index (χ4n) is 6.43. The Balaban J connectivity index is 1.28. The highest BCUT2D eigenvalue weighted by Crippen LogP contribution is 2.56. The molecule has 4 bridgehead atoms. The van der Waals surface area contributed by atoms with Crippen LogP contribution in [0.3, 0.4) is 0 Å². The first-order valence-electron chi connectivity index (χ1n) is 11.1. The fraction of sp³-hybridized carbons (Fsp3) is 0.458. The third-order valence-electron chi connectivity index (χ3n) is 7.26. The average Bonchev–Trinajstić information content (AvgIpc) is 2.68.